The maximum absolute atomic E-state index is 12.4. The second kappa shape index (κ2) is 6.03. The van der Waals surface area contributed by atoms with E-state index in [1.807, 2.05) is 0 Å². The summed E-state index contributed by atoms with van der Waals surface area (Å²) >= 11 is 0. The molecule has 116 valence electrons. The van der Waals surface area contributed by atoms with Crippen molar-refractivity contribution >= 4 is 17.8 Å². The molecule has 21 heavy (non-hydrogen) atoms. The average molecular weight is 293 g/mol. The highest BCUT2D eigenvalue weighted by Gasteiger charge is 2.43. The van der Waals surface area contributed by atoms with Gasteiger partial charge < -0.3 is 10.2 Å². The minimum atomic E-state index is -0.413. The van der Waals surface area contributed by atoms with Gasteiger partial charge in [0, 0.05) is 13.1 Å². The molecule has 2 aliphatic heterocycles. The van der Waals surface area contributed by atoms with Gasteiger partial charge >= 0.3 is 6.03 Å². The molecule has 0 unspecified atom stereocenters. The number of nitrogens with one attached hydrogen (secondary N) is 1. The van der Waals surface area contributed by atoms with Crippen LogP contribution in [0.1, 0.15) is 44.9 Å². The number of carbonyl (C=O) groups excluding carboxylic acids is 3. The lowest BCUT2D eigenvalue weighted by molar-refractivity contribution is -0.137. The number of nitrogens with zero attached hydrogens (tertiary/aromatic N) is 2. The fraction of sp³-hybridized carbons (Fsp3) is 0.800. The van der Waals surface area contributed by atoms with Crippen LogP contribution in [0.15, 0.2) is 0 Å². The summed E-state index contributed by atoms with van der Waals surface area (Å²) in [6, 6.07) is -0.813. The van der Waals surface area contributed by atoms with E-state index in [4.69, 9.17) is 0 Å². The maximum Gasteiger partial charge on any atom is 0.325 e. The molecule has 1 saturated carbocycles. The number of imide groups is 1. The van der Waals surface area contributed by atoms with E-state index in [9.17, 15) is 14.4 Å². The van der Waals surface area contributed by atoms with Gasteiger partial charge in [0.1, 0.15) is 12.6 Å². The van der Waals surface area contributed by atoms with Gasteiger partial charge in [0.25, 0.3) is 5.91 Å². The molecular formula is C15H23N3O3. The van der Waals surface area contributed by atoms with Gasteiger partial charge in [-0.25, -0.2) is 4.79 Å². The Kier molecular flexibility index (Phi) is 4.12. The van der Waals surface area contributed by atoms with Gasteiger partial charge in [-0.3, -0.25) is 14.5 Å². The normalized spacial score (nSPS) is 27.3. The van der Waals surface area contributed by atoms with Crippen LogP contribution in [-0.2, 0) is 9.59 Å². The van der Waals surface area contributed by atoms with E-state index in [2.05, 4.69) is 5.32 Å². The van der Waals surface area contributed by atoms with Crippen molar-refractivity contribution in [3.05, 3.63) is 0 Å². The zero-order chi connectivity index (χ0) is 14.8. The molecule has 0 radical (unpaired) electrons. The van der Waals surface area contributed by atoms with Crippen molar-refractivity contribution in [2.24, 2.45) is 5.92 Å². The zero-order valence-corrected chi connectivity index (χ0v) is 12.3. The lowest BCUT2D eigenvalue weighted by Gasteiger charge is -2.25. The highest BCUT2D eigenvalue weighted by atomic mass is 16.2. The summed E-state index contributed by atoms with van der Waals surface area (Å²) in [6.07, 6.45) is 7.46. The number of hydrogen-bond donors (Lipinski definition) is 1. The highest BCUT2D eigenvalue weighted by molar-refractivity contribution is 6.06. The van der Waals surface area contributed by atoms with Crippen molar-refractivity contribution in [3.63, 3.8) is 0 Å². The van der Waals surface area contributed by atoms with Crippen molar-refractivity contribution in [2.45, 2.75) is 51.0 Å². The van der Waals surface area contributed by atoms with Crippen molar-refractivity contribution in [1.29, 1.82) is 0 Å². The lowest BCUT2D eigenvalue weighted by Crippen LogP contribution is -2.43. The summed E-state index contributed by atoms with van der Waals surface area (Å²) < 4.78 is 0. The minimum Gasteiger partial charge on any atom is -0.341 e. The molecule has 2 heterocycles. The van der Waals surface area contributed by atoms with Crippen LogP contribution in [0.25, 0.3) is 0 Å². The molecule has 2 saturated heterocycles. The molecule has 0 spiro atoms. The standard InChI is InChI=1S/C15H23N3O3/c19-12(17-8-4-5-9-17)10-18-14(20)13(16-15(18)21)11-6-2-1-3-7-11/h11,13H,1-10H2,(H,16,21)/t13-/m1/s1. The highest BCUT2D eigenvalue weighted by Crippen LogP contribution is 2.29. The molecule has 6 nitrogen and oxygen atoms in total. The van der Waals surface area contributed by atoms with Gasteiger partial charge in [-0.05, 0) is 31.6 Å². The minimum absolute atomic E-state index is 0.103. The Morgan fingerprint density at radius 3 is 2.38 bits per heavy atom. The van der Waals surface area contributed by atoms with Gasteiger partial charge in [0.15, 0.2) is 0 Å². The van der Waals surface area contributed by atoms with Gasteiger partial charge in [0.2, 0.25) is 5.91 Å². The second-order valence-corrected chi connectivity index (χ2v) is 6.34. The van der Waals surface area contributed by atoms with Crippen LogP contribution < -0.4 is 5.32 Å². The monoisotopic (exact) mass is 293 g/mol. The van der Waals surface area contributed by atoms with Crippen LogP contribution in [0.4, 0.5) is 4.79 Å². The van der Waals surface area contributed by atoms with E-state index in [1.54, 1.807) is 4.90 Å². The molecule has 3 aliphatic rings. The Bertz CT molecular complexity index is 439. The molecule has 0 aromatic rings. The summed E-state index contributed by atoms with van der Waals surface area (Å²) in [7, 11) is 0. The topological polar surface area (TPSA) is 69.7 Å². The van der Waals surface area contributed by atoms with Gasteiger partial charge in [-0.1, -0.05) is 19.3 Å². The van der Waals surface area contributed by atoms with E-state index < -0.39 is 12.1 Å². The van der Waals surface area contributed by atoms with E-state index in [0.717, 1.165) is 56.5 Å². The molecule has 0 aromatic heterocycles. The average Bonchev–Trinajstić information content (AvgIpc) is 3.12. The third-order valence-corrected chi connectivity index (χ3v) is 4.93. The first-order chi connectivity index (χ1) is 10.2. The van der Waals surface area contributed by atoms with Crippen molar-refractivity contribution in [3.8, 4) is 0 Å². The summed E-state index contributed by atoms with van der Waals surface area (Å²) in [4.78, 5) is 39.4. The first-order valence-electron chi connectivity index (χ1n) is 8.06. The number of carbonyl (C=O) groups is 3. The first-order valence-corrected chi connectivity index (χ1v) is 8.06. The van der Waals surface area contributed by atoms with Crippen LogP contribution in [0.3, 0.4) is 0 Å². The Labute approximate surface area is 124 Å². The molecule has 1 N–H and O–H groups in total. The fourth-order valence-corrected chi connectivity index (χ4v) is 3.68. The smallest absolute Gasteiger partial charge is 0.325 e. The summed E-state index contributed by atoms with van der Waals surface area (Å²) in [5.41, 5.74) is 0. The number of urea groups is 1. The van der Waals surface area contributed by atoms with Crippen LogP contribution >= 0.6 is 0 Å². The second-order valence-electron chi connectivity index (χ2n) is 6.34. The van der Waals surface area contributed by atoms with E-state index >= 15 is 0 Å². The molecule has 0 bridgehead atoms. The number of rotatable bonds is 3. The quantitative estimate of drug-likeness (QED) is 0.792. The molecule has 3 rings (SSSR count). The summed E-state index contributed by atoms with van der Waals surface area (Å²) in [5.74, 6) is -0.0816. The Balaban J connectivity index is 1.61. The van der Waals surface area contributed by atoms with Crippen molar-refractivity contribution in [1.82, 2.24) is 15.1 Å². The molecule has 1 aliphatic carbocycles. The summed E-state index contributed by atoms with van der Waals surface area (Å²) in [5, 5.41) is 2.79. The summed E-state index contributed by atoms with van der Waals surface area (Å²) in [6.45, 7) is 1.39. The molecule has 6 heteroatoms. The van der Waals surface area contributed by atoms with Crippen LogP contribution in [0.2, 0.25) is 0 Å². The Hall–Kier alpha value is -1.59. The number of hydrogen-bond acceptors (Lipinski definition) is 3. The number of amides is 4. The van der Waals surface area contributed by atoms with E-state index in [1.165, 1.54) is 6.42 Å². The third-order valence-electron chi connectivity index (χ3n) is 4.93. The molecule has 1 atom stereocenters. The van der Waals surface area contributed by atoms with Crippen molar-refractivity contribution < 1.29 is 14.4 Å². The van der Waals surface area contributed by atoms with E-state index in [0.29, 0.717) is 0 Å². The molecule has 0 aromatic carbocycles. The van der Waals surface area contributed by atoms with Crippen LogP contribution in [0.5, 0.6) is 0 Å². The van der Waals surface area contributed by atoms with Crippen LogP contribution in [-0.4, -0.2) is 53.3 Å². The largest absolute Gasteiger partial charge is 0.341 e. The van der Waals surface area contributed by atoms with Gasteiger partial charge in [0.05, 0.1) is 0 Å². The predicted octanol–water partition coefficient (Wildman–Crippen LogP) is 1.11. The molecule has 3 fully saturated rings. The first kappa shape index (κ1) is 14.4. The maximum atomic E-state index is 12.4. The molecule has 4 amide bonds. The predicted molar refractivity (Wildman–Crippen MR) is 76.4 cm³/mol. The number of likely N-dealkylation sites (tertiary alicyclic amines) is 1. The molecular weight excluding hydrogens is 270 g/mol. The van der Waals surface area contributed by atoms with Crippen LogP contribution in [0, 0.1) is 5.92 Å². The van der Waals surface area contributed by atoms with E-state index in [-0.39, 0.29) is 24.3 Å². The van der Waals surface area contributed by atoms with Gasteiger partial charge in [-0.2, -0.15) is 0 Å². The SMILES string of the molecule is O=C(CN1C(=O)N[C@H](C2CCCCC2)C1=O)N1CCCC1. The van der Waals surface area contributed by atoms with Crippen molar-refractivity contribution in [2.75, 3.05) is 19.6 Å². The zero-order valence-electron chi connectivity index (χ0n) is 12.3. The Morgan fingerprint density at radius 1 is 1.05 bits per heavy atom. The third kappa shape index (κ3) is 2.89. The fourth-order valence-electron chi connectivity index (χ4n) is 3.68. The lowest BCUT2D eigenvalue weighted by atomic mass is 9.84. The Morgan fingerprint density at radius 2 is 1.71 bits per heavy atom. The van der Waals surface area contributed by atoms with Gasteiger partial charge in [-0.15, -0.1) is 0 Å².